The van der Waals surface area contributed by atoms with Gasteiger partial charge in [-0.25, -0.2) is 0 Å². The molecule has 2 aromatic carbocycles. The van der Waals surface area contributed by atoms with Crippen LogP contribution in [0.1, 0.15) is 17.2 Å². The molecule has 0 aliphatic heterocycles. The summed E-state index contributed by atoms with van der Waals surface area (Å²) in [5, 5.41) is 16.1. The molecular formula is C22H21N3O3. The van der Waals surface area contributed by atoms with E-state index in [1.54, 1.807) is 25.0 Å². The van der Waals surface area contributed by atoms with Crippen molar-refractivity contribution in [2.45, 2.75) is 6.10 Å². The topological polar surface area (TPSA) is 69.4 Å². The predicted molar refractivity (Wildman–Crippen MR) is 108 cm³/mol. The molecule has 0 aliphatic rings. The summed E-state index contributed by atoms with van der Waals surface area (Å²) in [7, 11) is 5.06. The molecule has 0 saturated carbocycles. The molecule has 0 radical (unpaired) electrons. The number of aromatic nitrogens is 3. The van der Waals surface area contributed by atoms with Crippen LogP contribution in [-0.2, 0) is 7.05 Å². The van der Waals surface area contributed by atoms with Gasteiger partial charge < -0.3 is 14.6 Å². The summed E-state index contributed by atoms with van der Waals surface area (Å²) in [6.45, 7) is 0. The van der Waals surface area contributed by atoms with Crippen molar-refractivity contribution < 1.29 is 14.6 Å². The molecule has 142 valence electrons. The number of methoxy groups -OCH3 is 2. The Morgan fingerprint density at radius 1 is 0.893 bits per heavy atom. The smallest absolute Gasteiger partial charge is 0.122 e. The Morgan fingerprint density at radius 2 is 1.64 bits per heavy atom. The van der Waals surface area contributed by atoms with E-state index in [9.17, 15) is 5.11 Å². The predicted octanol–water partition coefficient (Wildman–Crippen LogP) is 3.73. The lowest BCUT2D eigenvalue weighted by Gasteiger charge is -2.15. The summed E-state index contributed by atoms with van der Waals surface area (Å²) in [5.41, 5.74) is 4.32. The minimum Gasteiger partial charge on any atom is -0.497 e. The molecule has 0 unspecified atom stereocenters. The highest BCUT2D eigenvalue weighted by atomic mass is 16.5. The minimum absolute atomic E-state index is 0.634. The van der Waals surface area contributed by atoms with E-state index in [0.29, 0.717) is 17.1 Å². The summed E-state index contributed by atoms with van der Waals surface area (Å²) in [5.74, 6) is 1.27. The quantitative estimate of drug-likeness (QED) is 0.576. The molecule has 4 aromatic rings. The minimum atomic E-state index is -0.810. The SMILES string of the molecule is COc1cc(OC)cc([C@H](O)c2ccc3ncc(-c4cnn(C)c4)cc3c2)c1. The summed E-state index contributed by atoms with van der Waals surface area (Å²) in [6.07, 6.45) is 4.78. The largest absolute Gasteiger partial charge is 0.497 e. The summed E-state index contributed by atoms with van der Waals surface area (Å²) in [4.78, 5) is 4.54. The number of hydrogen-bond donors (Lipinski definition) is 1. The van der Waals surface area contributed by atoms with Crippen LogP contribution >= 0.6 is 0 Å². The highest BCUT2D eigenvalue weighted by molar-refractivity contribution is 5.84. The zero-order chi connectivity index (χ0) is 19.7. The van der Waals surface area contributed by atoms with Crippen LogP contribution in [0.2, 0.25) is 0 Å². The van der Waals surface area contributed by atoms with Crippen LogP contribution in [0.4, 0.5) is 0 Å². The standard InChI is InChI=1S/C22H21N3O3/c1-25-13-18(12-24-25)17-7-15-6-14(4-5-21(15)23-11-17)22(26)16-8-19(27-2)10-20(9-16)28-3/h4-13,22,26H,1-3H3/t22-/m1/s1. The van der Waals surface area contributed by atoms with E-state index >= 15 is 0 Å². The third-order valence-electron chi connectivity index (χ3n) is 4.75. The first-order valence-corrected chi connectivity index (χ1v) is 8.87. The number of rotatable bonds is 5. The number of aryl methyl sites for hydroxylation is 1. The molecule has 4 rings (SSSR count). The number of aliphatic hydroxyl groups is 1. The Morgan fingerprint density at radius 3 is 2.29 bits per heavy atom. The molecule has 0 bridgehead atoms. The molecule has 0 aliphatic carbocycles. The highest BCUT2D eigenvalue weighted by Gasteiger charge is 2.14. The lowest BCUT2D eigenvalue weighted by molar-refractivity contribution is 0.219. The zero-order valence-corrected chi connectivity index (χ0v) is 16.0. The summed E-state index contributed by atoms with van der Waals surface area (Å²) in [6, 6.07) is 13.2. The van der Waals surface area contributed by atoms with Crippen molar-refractivity contribution in [3.63, 3.8) is 0 Å². The molecule has 1 N–H and O–H groups in total. The molecule has 2 heterocycles. The fourth-order valence-corrected chi connectivity index (χ4v) is 3.23. The van der Waals surface area contributed by atoms with Gasteiger partial charge in [0, 0.05) is 42.0 Å². The van der Waals surface area contributed by atoms with Crippen molar-refractivity contribution >= 4 is 10.9 Å². The van der Waals surface area contributed by atoms with Crippen LogP contribution in [0.5, 0.6) is 11.5 Å². The number of aliphatic hydroxyl groups excluding tert-OH is 1. The second-order valence-electron chi connectivity index (χ2n) is 6.63. The molecular weight excluding hydrogens is 354 g/mol. The van der Waals surface area contributed by atoms with Crippen LogP contribution in [-0.4, -0.2) is 34.1 Å². The van der Waals surface area contributed by atoms with E-state index in [1.807, 2.05) is 56.0 Å². The first-order chi connectivity index (χ1) is 13.6. The van der Waals surface area contributed by atoms with Crippen LogP contribution in [0.3, 0.4) is 0 Å². The molecule has 6 nitrogen and oxygen atoms in total. The number of nitrogens with zero attached hydrogens (tertiary/aromatic N) is 3. The van der Waals surface area contributed by atoms with Crippen LogP contribution < -0.4 is 9.47 Å². The van der Waals surface area contributed by atoms with Crippen LogP contribution in [0.15, 0.2) is 61.1 Å². The second kappa shape index (κ2) is 7.32. The third kappa shape index (κ3) is 3.42. The van der Waals surface area contributed by atoms with Crippen molar-refractivity contribution in [1.29, 1.82) is 0 Å². The van der Waals surface area contributed by atoms with E-state index in [1.165, 1.54) is 0 Å². The van der Waals surface area contributed by atoms with Gasteiger partial charge in [-0.2, -0.15) is 5.10 Å². The molecule has 0 spiro atoms. The Labute approximate surface area is 163 Å². The molecule has 0 saturated heterocycles. The number of ether oxygens (including phenoxy) is 2. The first kappa shape index (κ1) is 18.0. The summed E-state index contributed by atoms with van der Waals surface area (Å²) >= 11 is 0. The number of hydrogen-bond acceptors (Lipinski definition) is 5. The fourth-order valence-electron chi connectivity index (χ4n) is 3.23. The Balaban J connectivity index is 1.74. The summed E-state index contributed by atoms with van der Waals surface area (Å²) < 4.78 is 12.4. The number of fused-ring (bicyclic) bond motifs is 1. The number of benzene rings is 2. The van der Waals surface area contributed by atoms with Gasteiger partial charge in [0.15, 0.2) is 0 Å². The fraction of sp³-hybridized carbons (Fsp3) is 0.182. The maximum absolute atomic E-state index is 10.9. The first-order valence-electron chi connectivity index (χ1n) is 8.87. The van der Waals surface area contributed by atoms with Gasteiger partial charge >= 0.3 is 0 Å². The lowest BCUT2D eigenvalue weighted by atomic mass is 9.98. The Hall–Kier alpha value is -3.38. The Kier molecular flexibility index (Phi) is 4.71. The monoisotopic (exact) mass is 375 g/mol. The molecule has 0 fully saturated rings. The van der Waals surface area contributed by atoms with Gasteiger partial charge in [0.05, 0.1) is 25.9 Å². The lowest BCUT2D eigenvalue weighted by Crippen LogP contribution is -2.01. The average Bonchev–Trinajstić information content (AvgIpc) is 3.18. The van der Waals surface area contributed by atoms with E-state index < -0.39 is 6.10 Å². The molecule has 6 heteroatoms. The van der Waals surface area contributed by atoms with Crippen molar-refractivity contribution in [2.75, 3.05) is 14.2 Å². The second-order valence-corrected chi connectivity index (χ2v) is 6.63. The van der Waals surface area contributed by atoms with Crippen LogP contribution in [0, 0.1) is 0 Å². The van der Waals surface area contributed by atoms with Crippen molar-refractivity contribution in [3.8, 4) is 22.6 Å². The van der Waals surface area contributed by atoms with Gasteiger partial charge in [-0.1, -0.05) is 6.07 Å². The Bertz CT molecular complexity index is 1110. The maximum atomic E-state index is 10.9. The van der Waals surface area contributed by atoms with Gasteiger partial charge in [0.25, 0.3) is 0 Å². The van der Waals surface area contributed by atoms with Gasteiger partial charge in [-0.15, -0.1) is 0 Å². The van der Waals surface area contributed by atoms with E-state index in [-0.39, 0.29) is 0 Å². The molecule has 28 heavy (non-hydrogen) atoms. The molecule has 1 atom stereocenters. The highest BCUT2D eigenvalue weighted by Crippen LogP contribution is 2.31. The van der Waals surface area contributed by atoms with E-state index in [0.717, 1.165) is 27.6 Å². The van der Waals surface area contributed by atoms with Crippen LogP contribution in [0.25, 0.3) is 22.0 Å². The normalized spacial score (nSPS) is 12.1. The van der Waals surface area contributed by atoms with Crippen molar-refractivity contribution in [3.05, 3.63) is 72.2 Å². The van der Waals surface area contributed by atoms with E-state index in [4.69, 9.17) is 9.47 Å². The average molecular weight is 375 g/mol. The molecule has 2 aromatic heterocycles. The third-order valence-corrected chi connectivity index (χ3v) is 4.75. The maximum Gasteiger partial charge on any atom is 0.122 e. The van der Waals surface area contributed by atoms with Gasteiger partial charge in [0.1, 0.15) is 17.6 Å². The van der Waals surface area contributed by atoms with Crippen molar-refractivity contribution in [2.24, 2.45) is 7.05 Å². The molecule has 0 amide bonds. The van der Waals surface area contributed by atoms with Gasteiger partial charge in [-0.05, 0) is 41.5 Å². The van der Waals surface area contributed by atoms with Gasteiger partial charge in [-0.3, -0.25) is 9.67 Å². The number of pyridine rings is 1. The van der Waals surface area contributed by atoms with Crippen molar-refractivity contribution in [1.82, 2.24) is 14.8 Å². The van der Waals surface area contributed by atoms with E-state index in [2.05, 4.69) is 16.1 Å². The van der Waals surface area contributed by atoms with Gasteiger partial charge in [0.2, 0.25) is 0 Å². The zero-order valence-electron chi connectivity index (χ0n) is 16.0.